The Labute approximate surface area is 219 Å². The molecule has 0 bridgehead atoms. The number of ether oxygens (including phenoxy) is 1. The second kappa shape index (κ2) is 13.5. The lowest BCUT2D eigenvalue weighted by Gasteiger charge is -2.33. The number of benzene rings is 2. The minimum absolute atomic E-state index is 0.113. The number of amides is 2. The highest BCUT2D eigenvalue weighted by Gasteiger charge is 2.32. The molecule has 0 saturated heterocycles. The average molecular weight is 538 g/mol. The van der Waals surface area contributed by atoms with Crippen molar-refractivity contribution in [3.63, 3.8) is 0 Å². The standard InChI is InChI=1S/C26H36ClN3O5S/c1-6-8-14-28-26(32)23(7-2)29(17-20-10-9-11-22(15-20)35-4)25(31)18-30(36(5,33)34)24-16-21(27)13-12-19(24)3/h9-13,15-16,23H,6-8,14,17-18H2,1-5H3,(H,28,32)/t23-/m1/s1. The molecule has 1 N–H and O–H groups in total. The second-order valence-corrected chi connectivity index (χ2v) is 11.0. The maximum absolute atomic E-state index is 13.7. The summed E-state index contributed by atoms with van der Waals surface area (Å²) in [5.41, 5.74) is 1.73. The van der Waals surface area contributed by atoms with Gasteiger partial charge in [-0.15, -0.1) is 0 Å². The van der Waals surface area contributed by atoms with Gasteiger partial charge in [-0.05, 0) is 55.2 Å². The van der Waals surface area contributed by atoms with Gasteiger partial charge in [-0.3, -0.25) is 13.9 Å². The fourth-order valence-electron chi connectivity index (χ4n) is 3.84. The summed E-state index contributed by atoms with van der Waals surface area (Å²) in [6.45, 7) is 5.75. The van der Waals surface area contributed by atoms with Crippen molar-refractivity contribution in [2.45, 2.75) is 52.6 Å². The Bertz CT molecular complexity index is 1160. The van der Waals surface area contributed by atoms with Crippen molar-refractivity contribution in [1.82, 2.24) is 10.2 Å². The number of rotatable bonds is 13. The zero-order chi connectivity index (χ0) is 26.9. The van der Waals surface area contributed by atoms with Crippen LogP contribution in [0.4, 0.5) is 5.69 Å². The monoisotopic (exact) mass is 537 g/mol. The van der Waals surface area contributed by atoms with Crippen LogP contribution in [0.1, 0.15) is 44.2 Å². The Morgan fingerprint density at radius 2 is 1.86 bits per heavy atom. The van der Waals surface area contributed by atoms with E-state index < -0.39 is 28.5 Å². The van der Waals surface area contributed by atoms with E-state index in [1.54, 1.807) is 44.4 Å². The van der Waals surface area contributed by atoms with E-state index in [2.05, 4.69) is 5.32 Å². The van der Waals surface area contributed by atoms with Gasteiger partial charge in [-0.1, -0.05) is 50.1 Å². The highest BCUT2D eigenvalue weighted by Crippen LogP contribution is 2.27. The molecule has 2 aromatic carbocycles. The molecule has 2 amide bonds. The Morgan fingerprint density at radius 1 is 1.14 bits per heavy atom. The van der Waals surface area contributed by atoms with Crippen molar-refractivity contribution < 1.29 is 22.7 Å². The van der Waals surface area contributed by atoms with Crippen molar-refractivity contribution in [1.29, 1.82) is 0 Å². The Morgan fingerprint density at radius 3 is 2.47 bits per heavy atom. The first kappa shape index (κ1) is 29.5. The smallest absolute Gasteiger partial charge is 0.244 e. The predicted octanol–water partition coefficient (Wildman–Crippen LogP) is 4.15. The van der Waals surface area contributed by atoms with Crippen LogP contribution in [0.5, 0.6) is 5.75 Å². The molecule has 10 heteroatoms. The van der Waals surface area contributed by atoms with E-state index in [1.807, 2.05) is 19.9 Å². The van der Waals surface area contributed by atoms with Gasteiger partial charge in [0.15, 0.2) is 0 Å². The minimum atomic E-state index is -3.83. The number of aryl methyl sites for hydroxylation is 1. The average Bonchev–Trinajstić information content (AvgIpc) is 2.83. The molecular formula is C26H36ClN3O5S. The fourth-order valence-corrected chi connectivity index (χ4v) is 4.90. The summed E-state index contributed by atoms with van der Waals surface area (Å²) in [5, 5.41) is 3.26. The van der Waals surface area contributed by atoms with E-state index in [0.717, 1.165) is 29.0 Å². The summed E-state index contributed by atoms with van der Waals surface area (Å²) in [6, 6.07) is 11.3. The van der Waals surface area contributed by atoms with Gasteiger partial charge >= 0.3 is 0 Å². The molecule has 0 aromatic heterocycles. The zero-order valence-electron chi connectivity index (χ0n) is 21.6. The number of hydrogen-bond acceptors (Lipinski definition) is 5. The zero-order valence-corrected chi connectivity index (χ0v) is 23.2. The summed E-state index contributed by atoms with van der Waals surface area (Å²) >= 11 is 6.14. The van der Waals surface area contributed by atoms with Gasteiger partial charge in [0.25, 0.3) is 0 Å². The molecule has 0 heterocycles. The molecule has 0 aliphatic carbocycles. The largest absolute Gasteiger partial charge is 0.497 e. The number of sulfonamides is 1. The van der Waals surface area contributed by atoms with Crippen molar-refractivity contribution in [2.24, 2.45) is 0 Å². The van der Waals surface area contributed by atoms with Gasteiger partial charge in [0.1, 0.15) is 18.3 Å². The molecule has 0 aliphatic heterocycles. The van der Waals surface area contributed by atoms with Crippen LogP contribution < -0.4 is 14.4 Å². The van der Waals surface area contributed by atoms with Crippen LogP contribution in [0.25, 0.3) is 0 Å². The second-order valence-electron chi connectivity index (χ2n) is 8.64. The van der Waals surface area contributed by atoms with Crippen molar-refractivity contribution >= 4 is 39.1 Å². The molecular weight excluding hydrogens is 502 g/mol. The summed E-state index contributed by atoms with van der Waals surface area (Å²) in [7, 11) is -2.28. The molecule has 0 saturated carbocycles. The first-order chi connectivity index (χ1) is 17.0. The number of carbonyl (C=O) groups excluding carboxylic acids is 2. The molecule has 0 spiro atoms. The topological polar surface area (TPSA) is 96.0 Å². The lowest BCUT2D eigenvalue weighted by Crippen LogP contribution is -2.52. The predicted molar refractivity (Wildman–Crippen MR) is 144 cm³/mol. The SMILES string of the molecule is CCCCNC(=O)[C@@H](CC)N(Cc1cccc(OC)c1)C(=O)CN(c1cc(Cl)ccc1C)S(C)(=O)=O. The molecule has 1 atom stereocenters. The molecule has 0 aliphatic rings. The molecule has 8 nitrogen and oxygen atoms in total. The van der Waals surface area contributed by atoms with Crippen LogP contribution in [0, 0.1) is 6.92 Å². The number of nitrogens with zero attached hydrogens (tertiary/aromatic N) is 2. The van der Waals surface area contributed by atoms with Crippen LogP contribution in [0.2, 0.25) is 5.02 Å². The fraction of sp³-hybridized carbons (Fsp3) is 0.462. The normalized spacial score (nSPS) is 12.1. The number of carbonyl (C=O) groups is 2. The first-order valence-corrected chi connectivity index (χ1v) is 14.2. The van der Waals surface area contributed by atoms with Gasteiger partial charge in [-0.25, -0.2) is 8.42 Å². The molecule has 36 heavy (non-hydrogen) atoms. The number of hydrogen-bond donors (Lipinski definition) is 1. The van der Waals surface area contributed by atoms with Gasteiger partial charge in [-0.2, -0.15) is 0 Å². The summed E-state index contributed by atoms with van der Waals surface area (Å²) in [4.78, 5) is 28.3. The minimum Gasteiger partial charge on any atom is -0.497 e. The van der Waals surface area contributed by atoms with Gasteiger partial charge in [0.05, 0.1) is 19.1 Å². The number of methoxy groups -OCH3 is 1. The summed E-state index contributed by atoms with van der Waals surface area (Å²) in [6.07, 6.45) is 3.15. The van der Waals surface area contributed by atoms with Crippen LogP contribution >= 0.6 is 11.6 Å². The van der Waals surface area contributed by atoms with Crippen LogP contribution in [-0.2, 0) is 26.2 Å². The number of halogens is 1. The third kappa shape index (κ3) is 8.13. The van der Waals surface area contributed by atoms with E-state index in [0.29, 0.717) is 35.0 Å². The molecule has 198 valence electrons. The number of nitrogens with one attached hydrogen (secondary N) is 1. The summed E-state index contributed by atoms with van der Waals surface area (Å²) < 4.78 is 31.9. The quantitative estimate of drug-likeness (QED) is 0.387. The van der Waals surface area contributed by atoms with Crippen molar-refractivity contribution in [3.8, 4) is 5.75 Å². The number of anilines is 1. The van der Waals surface area contributed by atoms with Gasteiger partial charge in [0, 0.05) is 18.1 Å². The molecule has 0 radical (unpaired) electrons. The lowest BCUT2D eigenvalue weighted by molar-refractivity contribution is -0.140. The van der Waals surface area contributed by atoms with E-state index in [4.69, 9.17) is 16.3 Å². The Hall–Kier alpha value is -2.78. The van der Waals surface area contributed by atoms with Gasteiger partial charge < -0.3 is 15.0 Å². The maximum atomic E-state index is 13.7. The van der Waals surface area contributed by atoms with Crippen LogP contribution in [0.15, 0.2) is 42.5 Å². The van der Waals surface area contributed by atoms with E-state index in [9.17, 15) is 18.0 Å². The molecule has 2 rings (SSSR count). The molecule has 0 unspecified atom stereocenters. The van der Waals surface area contributed by atoms with Crippen LogP contribution in [0.3, 0.4) is 0 Å². The molecule has 0 fully saturated rings. The van der Waals surface area contributed by atoms with E-state index in [1.165, 1.54) is 11.0 Å². The number of unbranched alkanes of at least 4 members (excludes halogenated alkanes) is 1. The van der Waals surface area contributed by atoms with Crippen molar-refractivity contribution in [3.05, 3.63) is 58.6 Å². The molecule has 2 aromatic rings. The maximum Gasteiger partial charge on any atom is 0.244 e. The Kier molecular flexibility index (Phi) is 11.0. The third-order valence-corrected chi connectivity index (χ3v) is 7.18. The lowest BCUT2D eigenvalue weighted by atomic mass is 10.1. The van der Waals surface area contributed by atoms with E-state index in [-0.39, 0.29) is 12.5 Å². The van der Waals surface area contributed by atoms with Gasteiger partial charge in [0.2, 0.25) is 21.8 Å². The Balaban J connectivity index is 2.46. The van der Waals surface area contributed by atoms with Crippen molar-refractivity contribution in [2.75, 3.05) is 30.8 Å². The van der Waals surface area contributed by atoms with E-state index >= 15 is 0 Å². The highest BCUT2D eigenvalue weighted by atomic mass is 35.5. The third-order valence-electron chi connectivity index (χ3n) is 5.82. The highest BCUT2D eigenvalue weighted by molar-refractivity contribution is 7.92. The first-order valence-electron chi connectivity index (χ1n) is 12.0. The summed E-state index contributed by atoms with van der Waals surface area (Å²) in [5.74, 6) is -0.153. The van der Waals surface area contributed by atoms with Crippen LogP contribution in [-0.4, -0.2) is 57.6 Å².